The Morgan fingerprint density at radius 1 is 1.36 bits per heavy atom. The van der Waals surface area contributed by atoms with Crippen LogP contribution in [0.1, 0.15) is 18.4 Å². The van der Waals surface area contributed by atoms with Crippen LogP contribution in [0.2, 0.25) is 0 Å². The highest BCUT2D eigenvalue weighted by atomic mass is 127. The molecule has 0 heterocycles. The summed E-state index contributed by atoms with van der Waals surface area (Å²) in [6.07, 6.45) is 2.49. The number of nitrogens with zero attached hydrogens (tertiary/aromatic N) is 2. The lowest BCUT2D eigenvalue weighted by Gasteiger charge is -2.13. The average molecular weight is 418 g/mol. The van der Waals surface area contributed by atoms with Gasteiger partial charge in [0.1, 0.15) is 12.4 Å². The van der Waals surface area contributed by atoms with Gasteiger partial charge in [0.25, 0.3) is 0 Å². The summed E-state index contributed by atoms with van der Waals surface area (Å²) in [6.45, 7) is 2.37. The van der Waals surface area contributed by atoms with Crippen molar-refractivity contribution in [1.29, 1.82) is 0 Å². The van der Waals surface area contributed by atoms with Gasteiger partial charge in [-0.25, -0.2) is 0 Å². The normalized spacial score (nSPS) is 14.5. The lowest BCUT2D eigenvalue weighted by Crippen LogP contribution is -2.38. The Bertz CT molecular complexity index is 475. The summed E-state index contributed by atoms with van der Waals surface area (Å²) in [7, 11) is 5.89. The quantitative estimate of drug-likeness (QED) is 0.405. The molecule has 2 rings (SSSR count). The molecule has 0 amide bonds. The fraction of sp³-hybridized carbons (Fsp3) is 0.562. The third-order valence-corrected chi connectivity index (χ3v) is 3.31. The fourth-order valence-electron chi connectivity index (χ4n) is 1.89. The summed E-state index contributed by atoms with van der Waals surface area (Å²) in [5.74, 6) is 1.79. The first-order valence-corrected chi connectivity index (χ1v) is 7.51. The van der Waals surface area contributed by atoms with E-state index in [0.717, 1.165) is 24.8 Å². The monoisotopic (exact) mass is 418 g/mol. The summed E-state index contributed by atoms with van der Waals surface area (Å²) in [4.78, 5) is 6.34. The van der Waals surface area contributed by atoms with E-state index in [9.17, 15) is 0 Å². The molecule has 0 unspecified atom stereocenters. The number of aliphatic imine (C=N–C) groups is 1. The number of hydrogen-bond acceptors (Lipinski definition) is 3. The van der Waals surface area contributed by atoms with Gasteiger partial charge < -0.3 is 20.3 Å². The van der Waals surface area contributed by atoms with Gasteiger partial charge in [-0.05, 0) is 44.6 Å². The maximum Gasteiger partial charge on any atom is 0.191 e. The number of benzene rings is 1. The molecule has 0 atom stereocenters. The van der Waals surface area contributed by atoms with E-state index in [2.05, 4.69) is 32.7 Å². The van der Waals surface area contributed by atoms with Crippen molar-refractivity contribution in [1.82, 2.24) is 15.5 Å². The van der Waals surface area contributed by atoms with Crippen LogP contribution in [-0.4, -0.2) is 51.2 Å². The Morgan fingerprint density at radius 2 is 2.14 bits per heavy atom. The lowest BCUT2D eigenvalue weighted by molar-refractivity contribution is 0.261. The smallest absolute Gasteiger partial charge is 0.191 e. The number of guanidine groups is 1. The van der Waals surface area contributed by atoms with Gasteiger partial charge in [-0.15, -0.1) is 24.0 Å². The van der Waals surface area contributed by atoms with Crippen LogP contribution in [0.3, 0.4) is 0 Å². The molecule has 1 aromatic rings. The summed E-state index contributed by atoms with van der Waals surface area (Å²) in [6, 6.07) is 8.80. The molecule has 1 saturated carbocycles. The number of rotatable bonds is 7. The first kappa shape index (κ1) is 19.0. The Morgan fingerprint density at radius 3 is 2.77 bits per heavy atom. The first-order chi connectivity index (χ1) is 10.2. The number of nitrogens with one attached hydrogen (secondary N) is 2. The van der Waals surface area contributed by atoms with Crippen LogP contribution < -0.4 is 15.4 Å². The summed E-state index contributed by atoms with van der Waals surface area (Å²) in [5.41, 5.74) is 1.19. The molecule has 1 aliphatic carbocycles. The average Bonchev–Trinajstić information content (AvgIpc) is 3.27. The van der Waals surface area contributed by atoms with Crippen molar-refractivity contribution in [2.75, 3.05) is 34.3 Å². The van der Waals surface area contributed by atoms with Crippen molar-refractivity contribution in [3.8, 4) is 5.75 Å². The molecule has 124 valence electrons. The molecular weight excluding hydrogens is 391 g/mol. The predicted molar refractivity (Wildman–Crippen MR) is 102 cm³/mol. The molecule has 0 aromatic heterocycles. The van der Waals surface area contributed by atoms with Crippen molar-refractivity contribution in [3.05, 3.63) is 29.8 Å². The van der Waals surface area contributed by atoms with Gasteiger partial charge in [-0.3, -0.25) is 4.99 Å². The third kappa shape index (κ3) is 7.31. The molecule has 0 spiro atoms. The van der Waals surface area contributed by atoms with Crippen LogP contribution in [0.4, 0.5) is 0 Å². The Balaban J connectivity index is 0.00000242. The van der Waals surface area contributed by atoms with E-state index in [4.69, 9.17) is 4.74 Å². The van der Waals surface area contributed by atoms with Gasteiger partial charge in [0.15, 0.2) is 5.96 Å². The highest BCUT2D eigenvalue weighted by Gasteiger charge is 2.21. The van der Waals surface area contributed by atoms with Gasteiger partial charge in [-0.1, -0.05) is 12.1 Å². The zero-order valence-corrected chi connectivity index (χ0v) is 16.0. The van der Waals surface area contributed by atoms with Crippen LogP contribution >= 0.6 is 24.0 Å². The predicted octanol–water partition coefficient (Wildman–Crippen LogP) is 2.07. The van der Waals surface area contributed by atoms with Gasteiger partial charge >= 0.3 is 0 Å². The Kier molecular flexibility index (Phi) is 8.55. The zero-order chi connectivity index (χ0) is 15.1. The second-order valence-corrected chi connectivity index (χ2v) is 5.64. The molecule has 0 radical (unpaired) electrons. The van der Waals surface area contributed by atoms with Crippen molar-refractivity contribution in [3.63, 3.8) is 0 Å². The summed E-state index contributed by atoms with van der Waals surface area (Å²) >= 11 is 0. The fourth-order valence-corrected chi connectivity index (χ4v) is 1.89. The standard InChI is InChI=1S/C16H26N4O.HI/c1-17-16(19-14-7-8-14)18-12-13-5-4-6-15(11-13)21-10-9-20(2)3;/h4-6,11,14H,7-10,12H2,1-3H3,(H2,17,18,19);1H. The van der Waals surface area contributed by atoms with Gasteiger partial charge in [0.05, 0.1) is 0 Å². The highest BCUT2D eigenvalue weighted by molar-refractivity contribution is 14.0. The van der Waals surface area contributed by atoms with Gasteiger partial charge in [0, 0.05) is 26.2 Å². The van der Waals surface area contributed by atoms with Gasteiger partial charge in [0.2, 0.25) is 0 Å². The second kappa shape index (κ2) is 9.89. The van der Waals surface area contributed by atoms with E-state index in [1.54, 1.807) is 7.05 Å². The summed E-state index contributed by atoms with van der Waals surface area (Å²) < 4.78 is 5.75. The highest BCUT2D eigenvalue weighted by Crippen LogP contribution is 2.18. The zero-order valence-electron chi connectivity index (χ0n) is 13.6. The molecule has 0 saturated heterocycles. The minimum absolute atomic E-state index is 0. The second-order valence-electron chi connectivity index (χ2n) is 5.64. The molecule has 5 nitrogen and oxygen atoms in total. The number of hydrogen-bond donors (Lipinski definition) is 2. The minimum atomic E-state index is 0. The number of halogens is 1. The van der Waals surface area contributed by atoms with E-state index >= 15 is 0 Å². The van der Waals surface area contributed by atoms with E-state index in [-0.39, 0.29) is 24.0 Å². The molecule has 0 aliphatic heterocycles. The topological polar surface area (TPSA) is 48.9 Å². The van der Waals surface area contributed by atoms with E-state index in [1.807, 2.05) is 26.2 Å². The van der Waals surface area contributed by atoms with Crippen molar-refractivity contribution in [2.24, 2.45) is 4.99 Å². The van der Waals surface area contributed by atoms with Crippen molar-refractivity contribution < 1.29 is 4.74 Å². The molecule has 2 N–H and O–H groups in total. The maximum atomic E-state index is 5.75. The molecule has 6 heteroatoms. The van der Waals surface area contributed by atoms with Crippen LogP contribution in [0.25, 0.3) is 0 Å². The van der Waals surface area contributed by atoms with Crippen LogP contribution in [0.15, 0.2) is 29.3 Å². The van der Waals surface area contributed by atoms with Crippen LogP contribution in [0, 0.1) is 0 Å². The van der Waals surface area contributed by atoms with Crippen LogP contribution in [-0.2, 0) is 6.54 Å². The van der Waals surface area contributed by atoms with Crippen LogP contribution in [0.5, 0.6) is 5.75 Å². The summed E-state index contributed by atoms with van der Waals surface area (Å²) in [5, 5.41) is 6.71. The van der Waals surface area contributed by atoms with E-state index in [1.165, 1.54) is 18.4 Å². The minimum Gasteiger partial charge on any atom is -0.492 e. The molecule has 1 aromatic carbocycles. The number of ether oxygens (including phenoxy) is 1. The van der Waals surface area contributed by atoms with Crippen molar-refractivity contribution >= 4 is 29.9 Å². The maximum absolute atomic E-state index is 5.75. The van der Waals surface area contributed by atoms with E-state index < -0.39 is 0 Å². The number of likely N-dealkylation sites (N-methyl/N-ethyl adjacent to an activating group) is 1. The molecule has 1 aliphatic rings. The largest absolute Gasteiger partial charge is 0.492 e. The molecular formula is C16H27IN4O. The third-order valence-electron chi connectivity index (χ3n) is 3.31. The molecule has 0 bridgehead atoms. The Labute approximate surface area is 150 Å². The SMILES string of the molecule is CN=C(NCc1cccc(OCCN(C)C)c1)NC1CC1.I. The van der Waals surface area contributed by atoms with E-state index in [0.29, 0.717) is 12.6 Å². The van der Waals surface area contributed by atoms with Gasteiger partial charge in [-0.2, -0.15) is 0 Å². The Hall–Kier alpha value is -1.02. The first-order valence-electron chi connectivity index (χ1n) is 7.51. The van der Waals surface area contributed by atoms with Crippen molar-refractivity contribution in [2.45, 2.75) is 25.4 Å². The molecule has 1 fully saturated rings. The molecule has 22 heavy (non-hydrogen) atoms. The lowest BCUT2D eigenvalue weighted by atomic mass is 10.2.